The van der Waals surface area contributed by atoms with E-state index in [1.807, 2.05) is 0 Å². The van der Waals surface area contributed by atoms with Gasteiger partial charge in [0.15, 0.2) is 0 Å². The molecule has 104 valence electrons. The zero-order valence-corrected chi connectivity index (χ0v) is 11.9. The number of carbonyl (C=O) groups is 2. The Morgan fingerprint density at radius 3 is 2.90 bits per heavy atom. The van der Waals surface area contributed by atoms with Gasteiger partial charge in [-0.2, -0.15) is 4.37 Å². The van der Waals surface area contributed by atoms with Crippen molar-refractivity contribution < 1.29 is 14.3 Å². The van der Waals surface area contributed by atoms with Crippen LogP contribution in [0.15, 0.2) is 24.5 Å². The molecule has 6 nitrogen and oxygen atoms in total. The van der Waals surface area contributed by atoms with Crippen molar-refractivity contribution >= 4 is 28.4 Å². The Balaban J connectivity index is 2.22. The van der Waals surface area contributed by atoms with Gasteiger partial charge in [0.05, 0.1) is 17.9 Å². The number of esters is 1. The fourth-order valence-corrected chi connectivity index (χ4v) is 2.35. The van der Waals surface area contributed by atoms with Crippen LogP contribution in [0.2, 0.25) is 0 Å². The zero-order valence-electron chi connectivity index (χ0n) is 11.0. The number of nitrogens with zero attached hydrogens (tertiary/aromatic N) is 2. The van der Waals surface area contributed by atoms with Gasteiger partial charge in [0.25, 0.3) is 5.91 Å². The van der Waals surface area contributed by atoms with Gasteiger partial charge in [-0.15, -0.1) is 0 Å². The van der Waals surface area contributed by atoms with E-state index in [1.165, 1.54) is 6.20 Å². The summed E-state index contributed by atoms with van der Waals surface area (Å²) >= 11 is 1.05. The van der Waals surface area contributed by atoms with E-state index in [9.17, 15) is 9.59 Å². The monoisotopic (exact) mass is 291 g/mol. The van der Waals surface area contributed by atoms with E-state index in [-0.39, 0.29) is 12.5 Å². The second-order valence-electron chi connectivity index (χ2n) is 3.89. The maximum atomic E-state index is 12.0. The number of ether oxygens (including phenoxy) is 1. The molecular weight excluding hydrogens is 278 g/mol. The van der Waals surface area contributed by atoms with Gasteiger partial charge in [0.1, 0.15) is 10.6 Å². The second-order valence-corrected chi connectivity index (χ2v) is 4.66. The highest BCUT2D eigenvalue weighted by Crippen LogP contribution is 2.25. The van der Waals surface area contributed by atoms with E-state index >= 15 is 0 Å². The molecule has 0 fully saturated rings. The van der Waals surface area contributed by atoms with Crippen molar-refractivity contribution in [2.24, 2.45) is 0 Å². The van der Waals surface area contributed by atoms with Crippen molar-refractivity contribution in [3.8, 4) is 0 Å². The molecule has 0 aliphatic rings. The molecule has 2 heterocycles. The molecule has 0 aliphatic carbocycles. The lowest BCUT2D eigenvalue weighted by Gasteiger charge is -2.05. The number of carbonyl (C=O) groups excluding carboxylic acids is 2. The molecule has 2 aromatic heterocycles. The summed E-state index contributed by atoms with van der Waals surface area (Å²) < 4.78 is 9.04. The minimum Gasteiger partial charge on any atom is -0.462 e. The molecule has 0 unspecified atom stereocenters. The predicted molar refractivity (Wildman–Crippen MR) is 75.0 cm³/mol. The number of nitrogens with one attached hydrogen (secondary N) is 1. The first-order valence-corrected chi connectivity index (χ1v) is 6.75. The first-order chi connectivity index (χ1) is 9.63. The third kappa shape index (κ3) is 3.00. The number of hydrogen-bond donors (Lipinski definition) is 1. The smallest absolute Gasteiger partial charge is 0.343 e. The van der Waals surface area contributed by atoms with Crippen LogP contribution in [0.1, 0.15) is 33.3 Å². The molecule has 1 N–H and O–H groups in total. The lowest BCUT2D eigenvalue weighted by molar-refractivity contribution is 0.0527. The molecule has 0 atom stereocenters. The van der Waals surface area contributed by atoms with Crippen molar-refractivity contribution in [1.82, 2.24) is 9.36 Å². The van der Waals surface area contributed by atoms with Gasteiger partial charge in [-0.05, 0) is 37.5 Å². The zero-order chi connectivity index (χ0) is 14.5. The Morgan fingerprint density at radius 1 is 1.45 bits per heavy atom. The molecule has 2 aromatic rings. The van der Waals surface area contributed by atoms with Gasteiger partial charge in [0, 0.05) is 12.4 Å². The second kappa shape index (κ2) is 6.25. The van der Waals surface area contributed by atoms with Crippen LogP contribution in [0.4, 0.5) is 5.00 Å². The standard InChI is InChI=1S/C13H13N3O3S/c1-3-19-13(18)10-8(2)16-20-12(10)15-11(17)9-5-4-6-14-7-9/h4-7H,3H2,1-2H3,(H,15,17). The van der Waals surface area contributed by atoms with E-state index in [0.717, 1.165) is 11.5 Å². The van der Waals surface area contributed by atoms with Gasteiger partial charge < -0.3 is 10.1 Å². The number of amides is 1. The largest absolute Gasteiger partial charge is 0.462 e. The summed E-state index contributed by atoms with van der Waals surface area (Å²) in [7, 11) is 0. The molecule has 0 saturated heterocycles. The molecule has 7 heteroatoms. The third-order valence-corrected chi connectivity index (χ3v) is 3.35. The van der Waals surface area contributed by atoms with Gasteiger partial charge in [0.2, 0.25) is 0 Å². The van der Waals surface area contributed by atoms with Crippen molar-refractivity contribution in [3.63, 3.8) is 0 Å². The summed E-state index contributed by atoms with van der Waals surface area (Å²) in [6, 6.07) is 3.30. The number of pyridine rings is 1. The minimum atomic E-state index is -0.486. The molecule has 1 amide bonds. The lowest BCUT2D eigenvalue weighted by Crippen LogP contribution is -2.15. The highest BCUT2D eigenvalue weighted by atomic mass is 32.1. The number of anilines is 1. The fourth-order valence-electron chi connectivity index (χ4n) is 1.57. The SMILES string of the molecule is CCOC(=O)c1c(C)nsc1NC(=O)c1cccnc1. The molecule has 0 saturated carbocycles. The summed E-state index contributed by atoms with van der Waals surface area (Å²) in [4.78, 5) is 27.8. The summed E-state index contributed by atoms with van der Waals surface area (Å²) in [5.41, 5.74) is 1.25. The molecule has 0 aromatic carbocycles. The van der Waals surface area contributed by atoms with E-state index in [0.29, 0.717) is 21.8 Å². The molecule has 2 rings (SSSR count). The van der Waals surface area contributed by atoms with E-state index < -0.39 is 5.97 Å². The summed E-state index contributed by atoms with van der Waals surface area (Å²) in [5, 5.41) is 3.05. The summed E-state index contributed by atoms with van der Waals surface area (Å²) in [6.45, 7) is 3.69. The van der Waals surface area contributed by atoms with Gasteiger partial charge in [-0.3, -0.25) is 9.78 Å². The topological polar surface area (TPSA) is 81.2 Å². The van der Waals surface area contributed by atoms with Crippen LogP contribution in [0, 0.1) is 6.92 Å². The van der Waals surface area contributed by atoms with Crippen molar-refractivity contribution in [2.75, 3.05) is 11.9 Å². The average molecular weight is 291 g/mol. The van der Waals surface area contributed by atoms with Crippen LogP contribution in [-0.2, 0) is 4.74 Å². The highest BCUT2D eigenvalue weighted by Gasteiger charge is 2.21. The number of aryl methyl sites for hydroxylation is 1. The van der Waals surface area contributed by atoms with Gasteiger partial charge in [-0.25, -0.2) is 4.79 Å². The maximum absolute atomic E-state index is 12.0. The Morgan fingerprint density at radius 2 is 2.25 bits per heavy atom. The van der Waals surface area contributed by atoms with Crippen LogP contribution in [-0.4, -0.2) is 27.8 Å². The first-order valence-electron chi connectivity index (χ1n) is 5.98. The van der Waals surface area contributed by atoms with Crippen molar-refractivity contribution in [3.05, 3.63) is 41.3 Å². The van der Waals surface area contributed by atoms with Gasteiger partial charge >= 0.3 is 5.97 Å². The molecule has 20 heavy (non-hydrogen) atoms. The lowest BCUT2D eigenvalue weighted by atomic mass is 10.2. The van der Waals surface area contributed by atoms with Crippen molar-refractivity contribution in [1.29, 1.82) is 0 Å². The summed E-state index contributed by atoms with van der Waals surface area (Å²) in [6.07, 6.45) is 3.03. The Bertz CT molecular complexity index is 625. The Hall–Kier alpha value is -2.28. The van der Waals surface area contributed by atoms with Crippen LogP contribution in [0.25, 0.3) is 0 Å². The van der Waals surface area contributed by atoms with Crippen LogP contribution >= 0.6 is 11.5 Å². The summed E-state index contributed by atoms with van der Waals surface area (Å²) in [5.74, 6) is -0.826. The predicted octanol–water partition coefficient (Wildman–Crippen LogP) is 2.28. The number of aromatic nitrogens is 2. The number of rotatable bonds is 4. The average Bonchev–Trinajstić information content (AvgIpc) is 2.81. The van der Waals surface area contributed by atoms with E-state index in [1.54, 1.807) is 32.2 Å². The van der Waals surface area contributed by atoms with E-state index in [4.69, 9.17) is 4.74 Å². The van der Waals surface area contributed by atoms with Gasteiger partial charge in [-0.1, -0.05) is 0 Å². The third-order valence-electron chi connectivity index (χ3n) is 2.49. The Kier molecular flexibility index (Phi) is 4.41. The quantitative estimate of drug-likeness (QED) is 0.874. The minimum absolute atomic E-state index is 0.268. The highest BCUT2D eigenvalue weighted by molar-refractivity contribution is 7.11. The van der Waals surface area contributed by atoms with Crippen LogP contribution in [0.5, 0.6) is 0 Å². The Labute approximate surface area is 120 Å². The van der Waals surface area contributed by atoms with Crippen LogP contribution in [0.3, 0.4) is 0 Å². The van der Waals surface area contributed by atoms with Crippen LogP contribution < -0.4 is 5.32 Å². The molecule has 0 bridgehead atoms. The molecule has 0 radical (unpaired) electrons. The number of hydrogen-bond acceptors (Lipinski definition) is 6. The maximum Gasteiger partial charge on any atom is 0.343 e. The normalized spacial score (nSPS) is 10.1. The fraction of sp³-hybridized carbons (Fsp3) is 0.231. The van der Waals surface area contributed by atoms with E-state index in [2.05, 4.69) is 14.7 Å². The first kappa shape index (κ1) is 14.1. The molecule has 0 aliphatic heterocycles. The van der Waals surface area contributed by atoms with Crippen molar-refractivity contribution in [2.45, 2.75) is 13.8 Å². The molecule has 0 spiro atoms. The molecular formula is C13H13N3O3S.